The summed E-state index contributed by atoms with van der Waals surface area (Å²) in [5, 5.41) is 3.99. The zero-order valence-electron chi connectivity index (χ0n) is 10.5. The fourth-order valence-electron chi connectivity index (χ4n) is 2.48. The summed E-state index contributed by atoms with van der Waals surface area (Å²) in [6, 6.07) is 3.70. The number of hydrogen-bond acceptors (Lipinski definition) is 4. The lowest BCUT2D eigenvalue weighted by Crippen LogP contribution is -2.16. The van der Waals surface area contributed by atoms with Crippen molar-refractivity contribution in [3.63, 3.8) is 0 Å². The van der Waals surface area contributed by atoms with Gasteiger partial charge in [0.2, 0.25) is 0 Å². The molecule has 6 heteroatoms. The molecule has 1 atom stereocenters. The maximum atomic E-state index is 11.8. The Labute approximate surface area is 115 Å². The van der Waals surface area contributed by atoms with Gasteiger partial charge in [-0.3, -0.25) is 4.40 Å². The van der Waals surface area contributed by atoms with Gasteiger partial charge < -0.3 is 10.1 Å². The lowest BCUT2D eigenvalue weighted by Gasteiger charge is -2.08. The Hall–Kier alpha value is -1.59. The normalized spacial score (nSPS) is 18.9. The summed E-state index contributed by atoms with van der Waals surface area (Å²) in [5.41, 5.74) is 1.06. The number of methoxy groups -OCH3 is 1. The number of carbonyl (C=O) groups is 1. The second-order valence-electron chi connectivity index (χ2n) is 4.56. The Morgan fingerprint density at radius 2 is 2.42 bits per heavy atom. The van der Waals surface area contributed by atoms with Gasteiger partial charge in [0, 0.05) is 6.20 Å². The summed E-state index contributed by atoms with van der Waals surface area (Å²) < 4.78 is 6.66. The van der Waals surface area contributed by atoms with E-state index < -0.39 is 5.97 Å². The van der Waals surface area contributed by atoms with Crippen LogP contribution < -0.4 is 5.32 Å². The summed E-state index contributed by atoms with van der Waals surface area (Å²) in [4.78, 5) is 16.2. The van der Waals surface area contributed by atoms with Crippen molar-refractivity contribution in [1.82, 2.24) is 14.7 Å². The van der Waals surface area contributed by atoms with Crippen LogP contribution in [0.2, 0.25) is 5.02 Å². The molecule has 0 bridgehead atoms. The predicted molar refractivity (Wildman–Crippen MR) is 71.5 cm³/mol. The number of aromatic nitrogens is 2. The van der Waals surface area contributed by atoms with Crippen LogP contribution in [0.4, 0.5) is 0 Å². The lowest BCUT2D eigenvalue weighted by molar-refractivity contribution is 0.0596. The monoisotopic (exact) mass is 279 g/mol. The first-order chi connectivity index (χ1) is 9.20. The number of fused-ring (bicyclic) bond motifs is 1. The molecule has 100 valence electrons. The van der Waals surface area contributed by atoms with Crippen molar-refractivity contribution >= 4 is 23.1 Å². The number of rotatable bonds is 2. The molecule has 0 saturated carbocycles. The van der Waals surface area contributed by atoms with Gasteiger partial charge in [0.05, 0.1) is 23.7 Å². The molecular weight excluding hydrogens is 266 g/mol. The first-order valence-corrected chi connectivity index (χ1v) is 6.57. The average molecular weight is 280 g/mol. The van der Waals surface area contributed by atoms with E-state index >= 15 is 0 Å². The number of esters is 1. The van der Waals surface area contributed by atoms with E-state index in [1.165, 1.54) is 7.11 Å². The molecule has 1 fully saturated rings. The van der Waals surface area contributed by atoms with Crippen molar-refractivity contribution in [2.24, 2.45) is 0 Å². The minimum atomic E-state index is -0.427. The Bertz CT molecular complexity index is 632. The summed E-state index contributed by atoms with van der Waals surface area (Å²) >= 11 is 6.03. The van der Waals surface area contributed by atoms with E-state index in [2.05, 4.69) is 10.3 Å². The second kappa shape index (κ2) is 4.83. The van der Waals surface area contributed by atoms with E-state index in [0.717, 1.165) is 30.7 Å². The number of carbonyl (C=O) groups excluding carboxylic acids is 1. The van der Waals surface area contributed by atoms with Crippen LogP contribution in [0.1, 0.15) is 35.2 Å². The Morgan fingerprint density at radius 3 is 3.11 bits per heavy atom. The Morgan fingerprint density at radius 1 is 1.58 bits per heavy atom. The molecule has 2 aromatic heterocycles. The highest BCUT2D eigenvalue weighted by Crippen LogP contribution is 2.26. The third-order valence-electron chi connectivity index (χ3n) is 3.38. The quantitative estimate of drug-likeness (QED) is 0.856. The van der Waals surface area contributed by atoms with Crippen molar-refractivity contribution in [3.8, 4) is 0 Å². The molecule has 0 aliphatic carbocycles. The molecular formula is C13H14ClN3O2. The van der Waals surface area contributed by atoms with Crippen molar-refractivity contribution in [2.45, 2.75) is 18.9 Å². The van der Waals surface area contributed by atoms with Crippen molar-refractivity contribution < 1.29 is 9.53 Å². The van der Waals surface area contributed by atoms with Gasteiger partial charge in [-0.2, -0.15) is 0 Å². The van der Waals surface area contributed by atoms with E-state index in [4.69, 9.17) is 16.3 Å². The van der Waals surface area contributed by atoms with Crippen LogP contribution in [-0.4, -0.2) is 29.0 Å². The Kier molecular flexibility index (Phi) is 3.16. The van der Waals surface area contributed by atoms with E-state index in [1.54, 1.807) is 18.3 Å². The summed E-state index contributed by atoms with van der Waals surface area (Å²) in [7, 11) is 1.36. The zero-order chi connectivity index (χ0) is 13.4. The van der Waals surface area contributed by atoms with Gasteiger partial charge in [-0.15, -0.1) is 0 Å². The largest absolute Gasteiger partial charge is 0.464 e. The van der Waals surface area contributed by atoms with Gasteiger partial charge >= 0.3 is 5.97 Å². The zero-order valence-corrected chi connectivity index (χ0v) is 11.3. The van der Waals surface area contributed by atoms with Crippen LogP contribution in [0.25, 0.3) is 5.52 Å². The fourth-order valence-corrected chi connectivity index (χ4v) is 2.64. The molecule has 19 heavy (non-hydrogen) atoms. The molecule has 3 heterocycles. The molecule has 0 radical (unpaired) electrons. The maximum Gasteiger partial charge on any atom is 0.358 e. The van der Waals surface area contributed by atoms with Gasteiger partial charge in [-0.1, -0.05) is 11.6 Å². The van der Waals surface area contributed by atoms with Crippen molar-refractivity contribution in [3.05, 3.63) is 34.9 Å². The molecule has 1 saturated heterocycles. The minimum Gasteiger partial charge on any atom is -0.464 e. The molecule has 1 N–H and O–H groups in total. The van der Waals surface area contributed by atoms with Crippen molar-refractivity contribution in [2.75, 3.05) is 13.7 Å². The number of nitrogens with zero attached hydrogens (tertiary/aromatic N) is 2. The summed E-state index contributed by atoms with van der Waals surface area (Å²) in [6.07, 6.45) is 3.89. The number of nitrogens with one attached hydrogen (secondary N) is 1. The molecule has 3 rings (SSSR count). The number of hydrogen-bond donors (Lipinski definition) is 1. The smallest absolute Gasteiger partial charge is 0.358 e. The minimum absolute atomic E-state index is 0.157. The number of ether oxygens (including phenoxy) is 1. The van der Waals surface area contributed by atoms with Crippen molar-refractivity contribution in [1.29, 1.82) is 0 Å². The number of pyridine rings is 1. The van der Waals surface area contributed by atoms with Crippen LogP contribution in [0.15, 0.2) is 18.3 Å². The van der Waals surface area contributed by atoms with Crippen LogP contribution in [0.5, 0.6) is 0 Å². The molecule has 1 unspecified atom stereocenters. The molecule has 0 aromatic carbocycles. The third-order valence-corrected chi connectivity index (χ3v) is 3.60. The van der Waals surface area contributed by atoms with Gasteiger partial charge in [0.25, 0.3) is 0 Å². The van der Waals surface area contributed by atoms with Crippen LogP contribution in [0.3, 0.4) is 0 Å². The summed E-state index contributed by atoms with van der Waals surface area (Å²) in [6.45, 7) is 0.966. The van der Waals surface area contributed by atoms with E-state index in [-0.39, 0.29) is 6.04 Å². The molecule has 0 amide bonds. The first-order valence-electron chi connectivity index (χ1n) is 6.20. The first kappa shape index (κ1) is 12.4. The molecule has 1 aliphatic heterocycles. The van der Waals surface area contributed by atoms with Crippen LogP contribution in [-0.2, 0) is 4.74 Å². The van der Waals surface area contributed by atoms with Crippen LogP contribution >= 0.6 is 11.6 Å². The number of halogens is 1. The van der Waals surface area contributed by atoms with Crippen LogP contribution in [0, 0.1) is 0 Å². The third kappa shape index (κ3) is 2.09. The summed E-state index contributed by atoms with van der Waals surface area (Å²) in [5.74, 6) is 0.388. The number of imidazole rings is 1. The SMILES string of the molecule is COC(=O)c1nc(C2CCCN2)n2cc(Cl)ccc12. The van der Waals surface area contributed by atoms with Gasteiger partial charge in [-0.25, -0.2) is 9.78 Å². The Balaban J connectivity index is 2.20. The van der Waals surface area contributed by atoms with E-state index in [9.17, 15) is 4.79 Å². The predicted octanol–water partition coefficient (Wildman–Crippen LogP) is 2.20. The van der Waals surface area contributed by atoms with E-state index in [1.807, 2.05) is 4.40 Å². The molecule has 1 aliphatic rings. The highest BCUT2D eigenvalue weighted by Gasteiger charge is 2.25. The van der Waals surface area contributed by atoms with Gasteiger partial charge in [0.1, 0.15) is 5.82 Å². The standard InChI is InChI=1S/C13H14ClN3O2/c1-19-13(18)11-10-5-4-8(14)7-17(10)12(16-11)9-3-2-6-15-9/h4-5,7,9,15H,2-3,6H2,1H3. The van der Waals surface area contributed by atoms with Gasteiger partial charge in [-0.05, 0) is 31.5 Å². The highest BCUT2D eigenvalue weighted by atomic mass is 35.5. The topological polar surface area (TPSA) is 55.6 Å². The molecule has 2 aromatic rings. The molecule has 5 nitrogen and oxygen atoms in total. The maximum absolute atomic E-state index is 11.8. The average Bonchev–Trinajstić information content (AvgIpc) is 3.03. The fraction of sp³-hybridized carbons (Fsp3) is 0.385. The lowest BCUT2D eigenvalue weighted by atomic mass is 10.2. The second-order valence-corrected chi connectivity index (χ2v) is 5.00. The highest BCUT2D eigenvalue weighted by molar-refractivity contribution is 6.30. The molecule has 0 spiro atoms. The van der Waals surface area contributed by atoms with E-state index in [0.29, 0.717) is 10.7 Å². The van der Waals surface area contributed by atoms with Gasteiger partial charge in [0.15, 0.2) is 5.69 Å².